The summed E-state index contributed by atoms with van der Waals surface area (Å²) >= 11 is 1.48. The van der Waals surface area contributed by atoms with Gasteiger partial charge in [-0.15, -0.1) is 10.2 Å². The van der Waals surface area contributed by atoms with Crippen molar-refractivity contribution >= 4 is 23.6 Å². The van der Waals surface area contributed by atoms with Gasteiger partial charge in [-0.25, -0.2) is 0 Å². The van der Waals surface area contributed by atoms with E-state index < -0.39 is 0 Å². The van der Waals surface area contributed by atoms with Crippen molar-refractivity contribution in [1.29, 1.82) is 0 Å². The van der Waals surface area contributed by atoms with Crippen molar-refractivity contribution in [2.75, 3.05) is 49.9 Å². The highest BCUT2D eigenvalue weighted by Crippen LogP contribution is 2.26. The molecule has 2 aliphatic rings. The molecular weight excluding hydrogens is 448 g/mol. The second-order valence-electron chi connectivity index (χ2n) is 8.93. The van der Waals surface area contributed by atoms with Gasteiger partial charge >= 0.3 is 0 Å². The van der Waals surface area contributed by atoms with Gasteiger partial charge in [0.2, 0.25) is 11.9 Å². The van der Waals surface area contributed by atoms with Gasteiger partial charge in [-0.05, 0) is 37.0 Å². The van der Waals surface area contributed by atoms with Crippen molar-refractivity contribution in [3.8, 4) is 0 Å². The van der Waals surface area contributed by atoms with Crippen LogP contribution in [0.3, 0.4) is 0 Å². The zero-order chi connectivity index (χ0) is 23.2. The third-order valence-electron chi connectivity index (χ3n) is 6.53. The van der Waals surface area contributed by atoms with Crippen LogP contribution < -0.4 is 4.90 Å². The Balaban J connectivity index is 1.18. The highest BCUT2D eigenvalue weighted by molar-refractivity contribution is 7.99. The number of hydrogen-bond acceptors (Lipinski definition) is 7. The number of furan rings is 1. The molecule has 0 bridgehead atoms. The van der Waals surface area contributed by atoms with E-state index in [9.17, 15) is 4.79 Å². The lowest BCUT2D eigenvalue weighted by Gasteiger charge is -2.34. The standard InChI is InChI=1S/C25H32N6O2S/c32-23(29-15-13-28(14-16-29)18-21-8-3-1-4-9-21)20-34-25-27-26-24(30-11-5-2-6-12-30)31(25)19-22-10-7-17-33-22/h1,3-4,7-10,17H,2,5-6,11-16,18-20H2. The van der Waals surface area contributed by atoms with Gasteiger partial charge in [-0.2, -0.15) is 0 Å². The molecule has 34 heavy (non-hydrogen) atoms. The van der Waals surface area contributed by atoms with E-state index in [1.54, 1.807) is 6.26 Å². The average Bonchev–Trinajstić information content (AvgIpc) is 3.55. The summed E-state index contributed by atoms with van der Waals surface area (Å²) in [6, 6.07) is 14.4. The number of hydrogen-bond donors (Lipinski definition) is 0. The van der Waals surface area contributed by atoms with Crippen molar-refractivity contribution in [2.45, 2.75) is 37.5 Å². The molecule has 3 aromatic rings. The molecule has 1 amide bonds. The van der Waals surface area contributed by atoms with Gasteiger partial charge in [0.1, 0.15) is 5.76 Å². The van der Waals surface area contributed by atoms with Gasteiger partial charge < -0.3 is 14.2 Å². The van der Waals surface area contributed by atoms with Crippen LogP contribution in [0.1, 0.15) is 30.6 Å². The van der Waals surface area contributed by atoms with Crippen LogP contribution in [0.5, 0.6) is 0 Å². The fourth-order valence-corrected chi connectivity index (χ4v) is 5.46. The molecule has 9 heteroatoms. The maximum absolute atomic E-state index is 13.0. The lowest BCUT2D eigenvalue weighted by molar-refractivity contribution is -0.130. The predicted molar refractivity (Wildman–Crippen MR) is 133 cm³/mol. The van der Waals surface area contributed by atoms with Crippen LogP contribution in [0.15, 0.2) is 58.3 Å². The summed E-state index contributed by atoms with van der Waals surface area (Å²) in [5, 5.41) is 9.74. The number of nitrogens with zero attached hydrogens (tertiary/aromatic N) is 6. The number of amides is 1. The smallest absolute Gasteiger partial charge is 0.233 e. The van der Waals surface area contributed by atoms with E-state index in [1.807, 2.05) is 23.1 Å². The summed E-state index contributed by atoms with van der Waals surface area (Å²) in [4.78, 5) is 19.7. The van der Waals surface area contributed by atoms with E-state index in [1.165, 1.54) is 36.6 Å². The largest absolute Gasteiger partial charge is 0.467 e. The minimum Gasteiger partial charge on any atom is -0.467 e. The summed E-state index contributed by atoms with van der Waals surface area (Å²) < 4.78 is 7.69. The Morgan fingerprint density at radius 2 is 1.68 bits per heavy atom. The highest BCUT2D eigenvalue weighted by atomic mass is 32.2. The summed E-state index contributed by atoms with van der Waals surface area (Å²) in [5.41, 5.74) is 1.32. The molecule has 5 rings (SSSR count). The van der Waals surface area contributed by atoms with Crippen LogP contribution in [0, 0.1) is 0 Å². The Kier molecular flexibility index (Phi) is 7.50. The number of rotatable bonds is 8. The molecule has 180 valence electrons. The molecule has 0 aliphatic carbocycles. The molecule has 2 aromatic heterocycles. The first-order valence-electron chi connectivity index (χ1n) is 12.1. The van der Waals surface area contributed by atoms with E-state index in [-0.39, 0.29) is 5.91 Å². The third-order valence-corrected chi connectivity index (χ3v) is 7.48. The maximum atomic E-state index is 13.0. The van der Waals surface area contributed by atoms with E-state index in [4.69, 9.17) is 4.42 Å². The average molecular weight is 481 g/mol. The van der Waals surface area contributed by atoms with Gasteiger partial charge in [0.25, 0.3) is 0 Å². The number of piperidine rings is 1. The van der Waals surface area contributed by atoms with Gasteiger partial charge in [0.05, 0.1) is 18.6 Å². The Labute approximate surface area is 204 Å². The van der Waals surface area contributed by atoms with Crippen LogP contribution in [0.4, 0.5) is 5.95 Å². The molecule has 2 fully saturated rings. The number of aromatic nitrogens is 3. The summed E-state index contributed by atoms with van der Waals surface area (Å²) in [7, 11) is 0. The molecule has 0 radical (unpaired) electrons. The molecule has 2 aliphatic heterocycles. The second kappa shape index (κ2) is 11.1. The maximum Gasteiger partial charge on any atom is 0.233 e. The van der Waals surface area contributed by atoms with Crippen molar-refractivity contribution < 1.29 is 9.21 Å². The minimum atomic E-state index is 0.163. The predicted octanol–water partition coefficient (Wildman–Crippen LogP) is 3.35. The first-order valence-corrected chi connectivity index (χ1v) is 13.1. The lowest BCUT2D eigenvalue weighted by Crippen LogP contribution is -2.48. The lowest BCUT2D eigenvalue weighted by atomic mass is 10.1. The fourth-order valence-electron chi connectivity index (χ4n) is 4.63. The number of thioether (sulfide) groups is 1. The molecular formula is C25H32N6O2S. The molecule has 2 saturated heterocycles. The number of piperazine rings is 1. The van der Waals surface area contributed by atoms with E-state index in [0.29, 0.717) is 12.3 Å². The zero-order valence-corrected chi connectivity index (χ0v) is 20.3. The van der Waals surface area contributed by atoms with Crippen molar-refractivity contribution in [3.05, 3.63) is 60.1 Å². The summed E-state index contributed by atoms with van der Waals surface area (Å²) in [6.07, 6.45) is 5.29. The number of benzene rings is 1. The van der Waals surface area contributed by atoms with Gasteiger partial charge in [-0.1, -0.05) is 42.1 Å². The normalized spacial score (nSPS) is 17.3. The second-order valence-corrected chi connectivity index (χ2v) is 9.87. The Bertz CT molecular complexity index is 1040. The Morgan fingerprint density at radius 1 is 0.882 bits per heavy atom. The Hall–Kier alpha value is -2.78. The SMILES string of the molecule is O=C(CSc1nnc(N2CCCCC2)n1Cc1ccco1)N1CCN(Cc2ccccc2)CC1. The molecule has 0 saturated carbocycles. The van der Waals surface area contributed by atoms with Gasteiger partial charge in [0.15, 0.2) is 5.16 Å². The van der Waals surface area contributed by atoms with Crippen LogP contribution in [-0.4, -0.2) is 75.5 Å². The van der Waals surface area contributed by atoms with Gasteiger partial charge in [0, 0.05) is 45.8 Å². The molecule has 0 N–H and O–H groups in total. The molecule has 8 nitrogen and oxygen atoms in total. The summed E-state index contributed by atoms with van der Waals surface area (Å²) in [5.74, 6) is 2.27. The van der Waals surface area contributed by atoms with E-state index >= 15 is 0 Å². The summed E-state index contributed by atoms with van der Waals surface area (Å²) in [6.45, 7) is 6.83. The molecule has 0 spiro atoms. The van der Waals surface area contributed by atoms with Crippen molar-refractivity contribution in [2.24, 2.45) is 0 Å². The van der Waals surface area contributed by atoms with Crippen molar-refractivity contribution in [1.82, 2.24) is 24.6 Å². The zero-order valence-electron chi connectivity index (χ0n) is 19.5. The monoisotopic (exact) mass is 480 g/mol. The minimum absolute atomic E-state index is 0.163. The number of carbonyl (C=O) groups excluding carboxylic acids is 1. The first kappa shape index (κ1) is 23.0. The van der Waals surface area contributed by atoms with E-state index in [2.05, 4.69) is 48.8 Å². The molecule has 4 heterocycles. The first-order chi connectivity index (χ1) is 16.8. The topological polar surface area (TPSA) is 70.6 Å². The molecule has 1 aromatic carbocycles. The Morgan fingerprint density at radius 3 is 2.41 bits per heavy atom. The third kappa shape index (κ3) is 5.64. The quantitative estimate of drug-likeness (QED) is 0.458. The van der Waals surface area contributed by atoms with Crippen LogP contribution >= 0.6 is 11.8 Å². The fraction of sp³-hybridized carbons (Fsp3) is 0.480. The van der Waals surface area contributed by atoms with E-state index in [0.717, 1.165) is 62.7 Å². The van der Waals surface area contributed by atoms with Gasteiger partial charge in [-0.3, -0.25) is 14.3 Å². The van der Waals surface area contributed by atoms with Crippen molar-refractivity contribution in [3.63, 3.8) is 0 Å². The number of carbonyl (C=O) groups is 1. The van der Waals surface area contributed by atoms with Crippen LogP contribution in [0.25, 0.3) is 0 Å². The van der Waals surface area contributed by atoms with Crippen LogP contribution in [0.2, 0.25) is 0 Å². The molecule has 0 unspecified atom stereocenters. The number of anilines is 1. The highest BCUT2D eigenvalue weighted by Gasteiger charge is 2.24. The van der Waals surface area contributed by atoms with Crippen LogP contribution in [-0.2, 0) is 17.9 Å². The molecule has 0 atom stereocenters.